The second-order valence-corrected chi connectivity index (χ2v) is 2.27. The summed E-state index contributed by atoms with van der Waals surface area (Å²) in [6, 6.07) is 5.74. The SMILES string of the molecule is FC(F)(F)c1ccc[c]c1Cl. The molecule has 0 heterocycles. The summed E-state index contributed by atoms with van der Waals surface area (Å²) in [5.74, 6) is 0. The fraction of sp³-hybridized carbons (Fsp3) is 0.143. The topological polar surface area (TPSA) is 0 Å². The molecular formula is C7H3ClF3. The maximum atomic E-state index is 11.9. The Morgan fingerprint density at radius 3 is 2.36 bits per heavy atom. The summed E-state index contributed by atoms with van der Waals surface area (Å²) < 4.78 is 35.8. The molecule has 1 aromatic rings. The first kappa shape index (κ1) is 8.40. The minimum atomic E-state index is -4.38. The Morgan fingerprint density at radius 1 is 1.36 bits per heavy atom. The molecule has 0 bridgehead atoms. The van der Waals surface area contributed by atoms with Gasteiger partial charge in [-0.1, -0.05) is 23.7 Å². The van der Waals surface area contributed by atoms with Crippen LogP contribution in [0, 0.1) is 6.07 Å². The molecule has 0 aliphatic heterocycles. The zero-order chi connectivity index (χ0) is 8.48. The molecule has 0 nitrogen and oxygen atoms in total. The maximum absolute atomic E-state index is 11.9. The highest BCUT2D eigenvalue weighted by Gasteiger charge is 2.32. The van der Waals surface area contributed by atoms with E-state index >= 15 is 0 Å². The van der Waals surface area contributed by atoms with E-state index in [1.807, 2.05) is 0 Å². The van der Waals surface area contributed by atoms with Crippen LogP contribution < -0.4 is 0 Å². The van der Waals surface area contributed by atoms with Gasteiger partial charge in [0.15, 0.2) is 0 Å². The van der Waals surface area contributed by atoms with Crippen molar-refractivity contribution in [2.24, 2.45) is 0 Å². The largest absolute Gasteiger partial charge is 0.417 e. The molecule has 59 valence electrons. The van der Waals surface area contributed by atoms with E-state index in [0.29, 0.717) is 0 Å². The van der Waals surface area contributed by atoms with Crippen molar-refractivity contribution in [2.45, 2.75) is 6.18 Å². The minimum absolute atomic E-state index is 0.389. The third-order valence-electron chi connectivity index (χ3n) is 1.11. The van der Waals surface area contributed by atoms with E-state index in [9.17, 15) is 13.2 Å². The normalized spacial score (nSPS) is 11.6. The van der Waals surface area contributed by atoms with Crippen molar-refractivity contribution in [3.63, 3.8) is 0 Å². The molecule has 0 aromatic heterocycles. The van der Waals surface area contributed by atoms with E-state index in [-0.39, 0.29) is 5.02 Å². The van der Waals surface area contributed by atoms with E-state index in [1.54, 1.807) is 0 Å². The highest BCUT2D eigenvalue weighted by Crippen LogP contribution is 2.33. The van der Waals surface area contributed by atoms with Crippen LogP contribution in [0.3, 0.4) is 0 Å². The molecule has 0 saturated heterocycles. The molecule has 0 fully saturated rings. The van der Waals surface area contributed by atoms with Crippen LogP contribution in [0.2, 0.25) is 5.02 Å². The molecule has 1 aromatic carbocycles. The molecule has 0 aliphatic rings. The van der Waals surface area contributed by atoms with Crippen molar-refractivity contribution in [1.29, 1.82) is 0 Å². The van der Waals surface area contributed by atoms with Crippen molar-refractivity contribution in [3.05, 3.63) is 34.9 Å². The van der Waals surface area contributed by atoms with Crippen LogP contribution in [-0.4, -0.2) is 0 Å². The summed E-state index contributed by atoms with van der Waals surface area (Å²) in [7, 11) is 0. The molecule has 4 heteroatoms. The van der Waals surface area contributed by atoms with Crippen molar-refractivity contribution >= 4 is 11.6 Å². The van der Waals surface area contributed by atoms with Gasteiger partial charge in [-0.3, -0.25) is 0 Å². The van der Waals surface area contributed by atoms with Crippen molar-refractivity contribution in [1.82, 2.24) is 0 Å². The van der Waals surface area contributed by atoms with Gasteiger partial charge in [-0.2, -0.15) is 13.2 Å². The standard InChI is InChI=1S/C7H3ClF3/c8-6-4-2-1-3-5(6)7(9,10)11/h1-3H. The fourth-order valence-corrected chi connectivity index (χ4v) is 0.869. The van der Waals surface area contributed by atoms with Gasteiger partial charge >= 0.3 is 6.18 Å². The summed E-state index contributed by atoms with van der Waals surface area (Å²) in [6.07, 6.45) is -4.38. The molecular weight excluding hydrogens is 177 g/mol. The Hall–Kier alpha value is -0.700. The van der Waals surface area contributed by atoms with Crippen molar-refractivity contribution < 1.29 is 13.2 Å². The van der Waals surface area contributed by atoms with E-state index in [4.69, 9.17) is 11.6 Å². The predicted molar refractivity (Wildman–Crippen MR) is 35.3 cm³/mol. The van der Waals surface area contributed by atoms with Gasteiger partial charge in [-0.05, 0) is 6.07 Å². The lowest BCUT2D eigenvalue weighted by Crippen LogP contribution is -2.05. The summed E-state index contributed by atoms with van der Waals surface area (Å²) in [5, 5.41) is -0.389. The van der Waals surface area contributed by atoms with Crippen LogP contribution in [0.1, 0.15) is 5.56 Å². The van der Waals surface area contributed by atoms with E-state index in [2.05, 4.69) is 6.07 Å². The molecule has 0 amide bonds. The fourth-order valence-electron chi connectivity index (χ4n) is 0.635. The predicted octanol–water partition coefficient (Wildman–Crippen LogP) is 3.16. The molecule has 0 atom stereocenters. The van der Waals surface area contributed by atoms with Gasteiger partial charge in [0.2, 0.25) is 0 Å². The van der Waals surface area contributed by atoms with Crippen LogP contribution in [0.5, 0.6) is 0 Å². The van der Waals surface area contributed by atoms with Gasteiger partial charge in [0.05, 0.1) is 10.6 Å². The van der Waals surface area contributed by atoms with Crippen LogP contribution in [-0.2, 0) is 6.18 Å². The lowest BCUT2D eigenvalue weighted by molar-refractivity contribution is -0.137. The quantitative estimate of drug-likeness (QED) is 0.574. The smallest absolute Gasteiger partial charge is 0.166 e. The number of halogens is 4. The van der Waals surface area contributed by atoms with Gasteiger partial charge in [-0.25, -0.2) is 0 Å². The lowest BCUT2D eigenvalue weighted by atomic mass is 10.2. The molecule has 1 radical (unpaired) electrons. The number of alkyl halides is 3. The van der Waals surface area contributed by atoms with Crippen molar-refractivity contribution in [3.8, 4) is 0 Å². The molecule has 0 spiro atoms. The Morgan fingerprint density at radius 2 is 2.00 bits per heavy atom. The Balaban J connectivity index is 3.14. The number of hydrogen-bond donors (Lipinski definition) is 0. The zero-order valence-electron chi connectivity index (χ0n) is 5.24. The van der Waals surface area contributed by atoms with Gasteiger partial charge in [0.25, 0.3) is 0 Å². The average molecular weight is 180 g/mol. The van der Waals surface area contributed by atoms with Crippen molar-refractivity contribution in [2.75, 3.05) is 0 Å². The molecule has 0 unspecified atom stereocenters. The summed E-state index contributed by atoms with van der Waals surface area (Å²) in [5.41, 5.74) is -0.846. The molecule has 0 aliphatic carbocycles. The molecule has 11 heavy (non-hydrogen) atoms. The van der Waals surface area contributed by atoms with Crippen LogP contribution in [0.15, 0.2) is 18.2 Å². The maximum Gasteiger partial charge on any atom is 0.417 e. The highest BCUT2D eigenvalue weighted by molar-refractivity contribution is 6.31. The number of rotatable bonds is 0. The monoisotopic (exact) mass is 179 g/mol. The van der Waals surface area contributed by atoms with Gasteiger partial charge in [-0.15, -0.1) is 0 Å². The Kier molecular flexibility index (Phi) is 2.09. The third kappa shape index (κ3) is 1.87. The first-order valence-electron chi connectivity index (χ1n) is 2.75. The summed E-state index contributed by atoms with van der Waals surface area (Å²) in [4.78, 5) is 0. The Labute approximate surface area is 66.6 Å². The van der Waals surface area contributed by atoms with E-state index < -0.39 is 11.7 Å². The van der Waals surface area contributed by atoms with Gasteiger partial charge < -0.3 is 0 Å². The van der Waals surface area contributed by atoms with Crippen LogP contribution in [0.25, 0.3) is 0 Å². The lowest BCUT2D eigenvalue weighted by Gasteiger charge is -2.06. The minimum Gasteiger partial charge on any atom is -0.166 e. The number of hydrogen-bond acceptors (Lipinski definition) is 0. The first-order chi connectivity index (χ1) is 5.02. The number of benzene rings is 1. The highest BCUT2D eigenvalue weighted by atomic mass is 35.5. The van der Waals surface area contributed by atoms with Crippen LogP contribution >= 0.6 is 11.6 Å². The first-order valence-corrected chi connectivity index (χ1v) is 3.13. The second-order valence-electron chi connectivity index (χ2n) is 1.90. The molecule has 1 rings (SSSR count). The van der Waals surface area contributed by atoms with Gasteiger partial charge in [0.1, 0.15) is 0 Å². The zero-order valence-corrected chi connectivity index (χ0v) is 6.00. The van der Waals surface area contributed by atoms with Gasteiger partial charge in [0, 0.05) is 6.07 Å². The Bertz CT molecular complexity index is 254. The second kappa shape index (κ2) is 2.74. The summed E-state index contributed by atoms with van der Waals surface area (Å²) >= 11 is 5.23. The van der Waals surface area contributed by atoms with E-state index in [1.165, 1.54) is 12.1 Å². The average Bonchev–Trinajstić information content (AvgIpc) is 1.86. The summed E-state index contributed by atoms with van der Waals surface area (Å²) in [6.45, 7) is 0. The third-order valence-corrected chi connectivity index (χ3v) is 1.42. The van der Waals surface area contributed by atoms with E-state index in [0.717, 1.165) is 6.07 Å². The molecule has 0 saturated carbocycles. The van der Waals surface area contributed by atoms with Crippen LogP contribution in [0.4, 0.5) is 13.2 Å². The molecule has 0 N–H and O–H groups in total.